The molecule has 0 saturated heterocycles. The van der Waals surface area contributed by atoms with Crippen LogP contribution in [0.3, 0.4) is 0 Å². The highest BCUT2D eigenvalue weighted by Crippen LogP contribution is 2.39. The third-order valence-corrected chi connectivity index (χ3v) is 3.90. The maximum atomic E-state index is 13.9. The molecule has 1 N–H and O–H groups in total. The van der Waals surface area contributed by atoms with Crippen molar-refractivity contribution >= 4 is 0 Å². The normalized spacial score (nSPS) is 17.3. The van der Waals surface area contributed by atoms with Crippen molar-refractivity contribution < 1.29 is 13.2 Å². The minimum absolute atomic E-state index is 0.139. The summed E-state index contributed by atoms with van der Waals surface area (Å²) < 4.78 is 40.9. The van der Waals surface area contributed by atoms with Gasteiger partial charge in [-0.05, 0) is 36.6 Å². The van der Waals surface area contributed by atoms with E-state index in [-0.39, 0.29) is 11.6 Å². The molecule has 1 unspecified atom stereocenters. The Morgan fingerprint density at radius 3 is 2.45 bits per heavy atom. The molecule has 3 rings (SSSR count). The van der Waals surface area contributed by atoms with Gasteiger partial charge >= 0.3 is 0 Å². The maximum absolute atomic E-state index is 13.9. The van der Waals surface area contributed by atoms with Gasteiger partial charge in [-0.2, -0.15) is 0 Å². The fraction of sp³-hybridized carbons (Fsp3) is 0.250. The van der Waals surface area contributed by atoms with Crippen molar-refractivity contribution in [1.29, 1.82) is 0 Å². The van der Waals surface area contributed by atoms with Crippen molar-refractivity contribution in [1.82, 2.24) is 5.32 Å². The average Bonchev–Trinajstić information content (AvgIpc) is 2.81. The van der Waals surface area contributed by atoms with Crippen molar-refractivity contribution in [2.24, 2.45) is 0 Å². The van der Waals surface area contributed by atoms with E-state index in [1.165, 1.54) is 0 Å². The van der Waals surface area contributed by atoms with Gasteiger partial charge in [0, 0.05) is 18.2 Å². The molecule has 1 nitrogen and oxygen atoms in total. The zero-order chi connectivity index (χ0) is 14.3. The van der Waals surface area contributed by atoms with E-state index in [0.717, 1.165) is 36.1 Å². The van der Waals surface area contributed by atoms with E-state index in [0.29, 0.717) is 5.56 Å². The summed E-state index contributed by atoms with van der Waals surface area (Å²) >= 11 is 0. The predicted octanol–water partition coefficient (Wildman–Crippen LogP) is 3.98. The van der Waals surface area contributed by atoms with E-state index in [1.54, 1.807) is 12.1 Å². The van der Waals surface area contributed by atoms with E-state index in [1.807, 2.05) is 13.1 Å². The molecule has 2 aromatic carbocycles. The molecular formula is C16H14F3N. The van der Waals surface area contributed by atoms with Gasteiger partial charge in [0.1, 0.15) is 17.5 Å². The van der Waals surface area contributed by atoms with Gasteiger partial charge in [0.05, 0.1) is 5.56 Å². The zero-order valence-electron chi connectivity index (χ0n) is 11.0. The lowest BCUT2D eigenvalue weighted by Crippen LogP contribution is -2.12. The maximum Gasteiger partial charge on any atom is 0.136 e. The second-order valence-electron chi connectivity index (χ2n) is 5.00. The summed E-state index contributed by atoms with van der Waals surface area (Å²) in [4.78, 5) is 0. The van der Waals surface area contributed by atoms with Crippen molar-refractivity contribution in [3.05, 3.63) is 58.9 Å². The monoisotopic (exact) mass is 277 g/mol. The molecule has 1 atom stereocenters. The molecule has 4 heteroatoms. The van der Waals surface area contributed by atoms with E-state index >= 15 is 0 Å². The number of nitrogens with one attached hydrogen (secondary N) is 1. The quantitative estimate of drug-likeness (QED) is 0.875. The fourth-order valence-electron chi connectivity index (χ4n) is 2.99. The van der Waals surface area contributed by atoms with Crippen LogP contribution in [0.15, 0.2) is 30.3 Å². The highest BCUT2D eigenvalue weighted by atomic mass is 19.1. The molecule has 2 aromatic rings. The summed E-state index contributed by atoms with van der Waals surface area (Å²) in [5.41, 5.74) is 2.39. The number of hydrogen-bond donors (Lipinski definition) is 1. The topological polar surface area (TPSA) is 12.0 Å². The molecule has 0 aromatic heterocycles. The van der Waals surface area contributed by atoms with E-state index in [9.17, 15) is 13.2 Å². The Labute approximate surface area is 115 Å². The van der Waals surface area contributed by atoms with Crippen LogP contribution in [0.2, 0.25) is 0 Å². The molecule has 0 aliphatic heterocycles. The number of hydrogen-bond acceptors (Lipinski definition) is 1. The summed E-state index contributed by atoms with van der Waals surface area (Å²) in [5.74, 6) is -2.61. The third-order valence-electron chi connectivity index (χ3n) is 3.90. The second-order valence-corrected chi connectivity index (χ2v) is 5.00. The zero-order valence-corrected chi connectivity index (χ0v) is 11.0. The Bertz CT molecular complexity index is 644. The first kappa shape index (κ1) is 13.2. The molecule has 0 heterocycles. The van der Waals surface area contributed by atoms with Gasteiger partial charge in [0.2, 0.25) is 0 Å². The minimum Gasteiger partial charge on any atom is -0.313 e. The molecule has 0 saturated carbocycles. The average molecular weight is 277 g/mol. The van der Waals surface area contributed by atoms with Crippen LogP contribution in [0.25, 0.3) is 11.1 Å². The minimum atomic E-state index is -0.899. The van der Waals surface area contributed by atoms with Crippen molar-refractivity contribution in [3.63, 3.8) is 0 Å². The summed E-state index contributed by atoms with van der Waals surface area (Å²) in [7, 11) is 1.87. The summed E-state index contributed by atoms with van der Waals surface area (Å²) in [6, 6.07) is 7.09. The van der Waals surface area contributed by atoms with Crippen LogP contribution >= 0.6 is 0 Å². The van der Waals surface area contributed by atoms with Gasteiger partial charge in [-0.3, -0.25) is 0 Å². The lowest BCUT2D eigenvalue weighted by molar-refractivity contribution is 0.548. The van der Waals surface area contributed by atoms with Gasteiger partial charge in [0.25, 0.3) is 0 Å². The Balaban J connectivity index is 2.20. The summed E-state index contributed by atoms with van der Waals surface area (Å²) in [5, 5.41) is 3.19. The second kappa shape index (κ2) is 4.94. The molecule has 0 radical (unpaired) electrons. The molecule has 0 fully saturated rings. The van der Waals surface area contributed by atoms with Crippen LogP contribution in [0.1, 0.15) is 23.6 Å². The van der Waals surface area contributed by atoms with Gasteiger partial charge in [-0.25, -0.2) is 13.2 Å². The Hall–Kier alpha value is -1.81. The van der Waals surface area contributed by atoms with Crippen molar-refractivity contribution in [2.45, 2.75) is 18.9 Å². The van der Waals surface area contributed by atoms with Gasteiger partial charge < -0.3 is 5.32 Å². The smallest absolute Gasteiger partial charge is 0.136 e. The number of rotatable bonds is 2. The van der Waals surface area contributed by atoms with Crippen LogP contribution in [-0.2, 0) is 6.42 Å². The molecule has 104 valence electrons. The molecule has 1 aliphatic carbocycles. The largest absolute Gasteiger partial charge is 0.313 e. The first-order valence-corrected chi connectivity index (χ1v) is 6.55. The van der Waals surface area contributed by atoms with E-state index in [2.05, 4.69) is 5.32 Å². The van der Waals surface area contributed by atoms with Crippen molar-refractivity contribution in [3.8, 4) is 11.1 Å². The highest BCUT2D eigenvalue weighted by molar-refractivity contribution is 5.71. The van der Waals surface area contributed by atoms with Gasteiger partial charge in [-0.1, -0.05) is 18.2 Å². The molecule has 20 heavy (non-hydrogen) atoms. The lowest BCUT2D eigenvalue weighted by atomic mass is 9.95. The van der Waals surface area contributed by atoms with E-state index < -0.39 is 17.5 Å². The number of fused-ring (bicyclic) bond motifs is 1. The highest BCUT2D eigenvalue weighted by Gasteiger charge is 2.26. The van der Waals surface area contributed by atoms with E-state index in [4.69, 9.17) is 0 Å². The Morgan fingerprint density at radius 1 is 1.10 bits per heavy atom. The molecule has 0 bridgehead atoms. The molecular weight excluding hydrogens is 263 g/mol. The molecule has 0 amide bonds. The lowest BCUT2D eigenvalue weighted by Gasteiger charge is -2.13. The van der Waals surface area contributed by atoms with Gasteiger partial charge in [0.15, 0.2) is 0 Å². The third kappa shape index (κ3) is 2.00. The van der Waals surface area contributed by atoms with Crippen molar-refractivity contribution in [2.75, 3.05) is 7.05 Å². The fourth-order valence-corrected chi connectivity index (χ4v) is 2.99. The van der Waals surface area contributed by atoms with Crippen LogP contribution in [0, 0.1) is 17.5 Å². The SMILES string of the molecule is CNC1CCc2c(-c3c(F)cc(F)cc3F)cccc21. The first-order valence-electron chi connectivity index (χ1n) is 6.55. The Morgan fingerprint density at radius 2 is 1.80 bits per heavy atom. The summed E-state index contributed by atoms with van der Waals surface area (Å²) in [6.07, 6.45) is 1.65. The predicted molar refractivity (Wildman–Crippen MR) is 71.9 cm³/mol. The number of benzene rings is 2. The Kier molecular flexibility index (Phi) is 3.26. The van der Waals surface area contributed by atoms with Crippen LogP contribution in [0.4, 0.5) is 13.2 Å². The summed E-state index contributed by atoms with van der Waals surface area (Å²) in [6.45, 7) is 0. The number of halogens is 3. The molecule has 1 aliphatic rings. The van der Waals surface area contributed by atoms with Gasteiger partial charge in [-0.15, -0.1) is 0 Å². The first-order chi connectivity index (χ1) is 9.61. The molecule has 0 spiro atoms. The van der Waals surface area contributed by atoms with Crippen LogP contribution < -0.4 is 5.32 Å². The van der Waals surface area contributed by atoms with Crippen LogP contribution in [-0.4, -0.2) is 7.05 Å². The standard InChI is InChI=1S/C16H14F3N/c1-20-15-6-5-10-11(15)3-2-4-12(10)16-13(18)7-9(17)8-14(16)19/h2-4,7-8,15,20H,5-6H2,1H3. The van der Waals surface area contributed by atoms with Crippen LogP contribution in [0.5, 0.6) is 0 Å².